The number of carbonyl (C=O) groups is 2. The Morgan fingerprint density at radius 1 is 0.456 bits per heavy atom. The van der Waals surface area contributed by atoms with Crippen LogP contribution < -0.4 is 10.2 Å². The number of hydrogen-bond donors (Lipinski definition) is 1. The summed E-state index contributed by atoms with van der Waals surface area (Å²) in [5, 5.41) is 2.99. The van der Waals surface area contributed by atoms with Gasteiger partial charge in [-0.3, -0.25) is 14.2 Å². The Bertz CT molecular complexity index is 1860. The van der Waals surface area contributed by atoms with Crippen molar-refractivity contribution >= 4 is 19.7 Å². The highest BCUT2D eigenvalue weighted by Gasteiger charge is 2.27. The summed E-state index contributed by atoms with van der Waals surface area (Å²) >= 11 is 0. The number of rotatable bonds is 54. The molecule has 0 fully saturated rings. The lowest BCUT2D eigenvalue weighted by molar-refractivity contribution is -0.870. The molecule has 0 aliphatic heterocycles. The van der Waals surface area contributed by atoms with Gasteiger partial charge in [0.1, 0.15) is 19.3 Å². The lowest BCUT2D eigenvalue weighted by Crippen LogP contribution is -2.47. The van der Waals surface area contributed by atoms with Crippen LogP contribution in [-0.4, -0.2) is 69.4 Å². The first kappa shape index (κ1) is 74.9. The number of carbonyl (C=O) groups excluding carboxylic acids is 2. The van der Waals surface area contributed by atoms with Crippen molar-refractivity contribution in [2.75, 3.05) is 40.9 Å². The molecule has 1 N–H and O–H groups in total. The highest BCUT2D eigenvalue weighted by Crippen LogP contribution is 2.38. The molecule has 0 rings (SSSR count). The highest BCUT2D eigenvalue weighted by molar-refractivity contribution is 7.45. The van der Waals surface area contributed by atoms with E-state index in [1.807, 2.05) is 27.2 Å². The first-order chi connectivity index (χ1) is 38.4. The molecule has 3 atom stereocenters. The molecular formula is C69H115N2O7P. The van der Waals surface area contributed by atoms with Crippen LogP contribution in [0.4, 0.5) is 0 Å². The number of phosphoric acid groups is 1. The third kappa shape index (κ3) is 58.4. The summed E-state index contributed by atoms with van der Waals surface area (Å²) in [5.41, 5.74) is 0. The Balaban J connectivity index is 5.45. The molecule has 0 saturated carbocycles. The Morgan fingerprint density at radius 3 is 1.23 bits per heavy atom. The minimum Gasteiger partial charge on any atom is -0.756 e. The van der Waals surface area contributed by atoms with Crippen LogP contribution in [0.25, 0.3) is 0 Å². The molecule has 0 radical (unpaired) electrons. The van der Waals surface area contributed by atoms with Gasteiger partial charge in [0.05, 0.1) is 33.8 Å². The maximum absolute atomic E-state index is 13.5. The summed E-state index contributed by atoms with van der Waals surface area (Å²) in [7, 11) is 1.11. The SMILES string of the molecule is CC/C=C\C/C=C\C/C=C\C/C=C\C/C=C\C/C=C\CCCCC(=O)NC(COP(=O)([O-])OCC[N+](C)(C)C)C(/C=C/CCCCCCCCCCCCC)OC(=O)CCCCC/C=C\C/C=C\C/C=C\C/C=C\C/C=C\CC. The number of ether oxygens (including phenoxy) is 1. The Kier molecular flexibility index (Phi) is 54.2. The summed E-state index contributed by atoms with van der Waals surface area (Å²) in [4.78, 5) is 40.0. The average molecular weight is 1120 g/mol. The van der Waals surface area contributed by atoms with Gasteiger partial charge in [0.15, 0.2) is 0 Å². The summed E-state index contributed by atoms with van der Waals surface area (Å²) < 4.78 is 30.3. The van der Waals surface area contributed by atoms with Gasteiger partial charge in [0.2, 0.25) is 5.91 Å². The molecule has 10 heteroatoms. The van der Waals surface area contributed by atoms with Crippen molar-refractivity contribution in [3.63, 3.8) is 0 Å². The van der Waals surface area contributed by atoms with Crippen molar-refractivity contribution in [3.8, 4) is 0 Å². The molecule has 9 nitrogen and oxygen atoms in total. The molecule has 1 amide bonds. The largest absolute Gasteiger partial charge is 0.756 e. The van der Waals surface area contributed by atoms with Crippen LogP contribution >= 0.6 is 7.82 Å². The fourth-order valence-corrected chi connectivity index (χ4v) is 8.74. The van der Waals surface area contributed by atoms with E-state index >= 15 is 0 Å². The number of quaternary nitrogens is 1. The third-order valence-electron chi connectivity index (χ3n) is 12.8. The van der Waals surface area contributed by atoms with Crippen LogP contribution in [0, 0.1) is 0 Å². The van der Waals surface area contributed by atoms with Crippen LogP contribution in [0.5, 0.6) is 0 Å². The topological polar surface area (TPSA) is 114 Å². The second-order valence-corrected chi connectivity index (χ2v) is 22.9. The average Bonchev–Trinajstić information content (AvgIpc) is 3.41. The van der Waals surface area contributed by atoms with Crippen LogP contribution in [-0.2, 0) is 27.9 Å². The molecule has 448 valence electrons. The maximum atomic E-state index is 13.5. The van der Waals surface area contributed by atoms with Crippen molar-refractivity contribution in [2.45, 2.75) is 238 Å². The monoisotopic (exact) mass is 1110 g/mol. The van der Waals surface area contributed by atoms with Crippen LogP contribution in [0.2, 0.25) is 0 Å². The van der Waals surface area contributed by atoms with Gasteiger partial charge in [0.25, 0.3) is 7.82 Å². The standard InChI is InChI=1S/C69H115N2O7P/c1-7-10-13-16-19-22-25-28-30-32-34-35-37-38-40-43-46-49-52-55-58-61-68(72)70-66(65-77-79(74,75)76-64-63-71(4,5)6)67(60-57-54-51-48-45-42-27-24-21-18-15-12-9-3)78-69(73)62-59-56-53-50-47-44-41-39-36-33-31-29-26-23-20-17-14-11-8-2/h10-11,13-14,19-20,22-23,28-31,34-36,38-40,44,46-47,49,57,60,66-67H,7-9,12,15-18,21,24-27,32-33,37,41-43,45,48,50-56,58-59,61-65H2,1-6H3,(H-,70,72,74,75)/b13-10-,14-11-,22-19-,23-20-,30-28-,31-29-,35-34-,39-36-,40-38-,47-44-,49-46-,60-57+. The number of likely N-dealkylation sites (N-methyl/N-ethyl adjacent to an activating group) is 1. The predicted molar refractivity (Wildman–Crippen MR) is 339 cm³/mol. The molecular weight excluding hydrogens is 1000 g/mol. The third-order valence-corrected chi connectivity index (χ3v) is 13.7. The zero-order valence-corrected chi connectivity index (χ0v) is 51.9. The van der Waals surface area contributed by atoms with Gasteiger partial charge in [-0.1, -0.05) is 231 Å². The molecule has 0 spiro atoms. The molecule has 79 heavy (non-hydrogen) atoms. The van der Waals surface area contributed by atoms with Crippen molar-refractivity contribution in [2.24, 2.45) is 0 Å². The first-order valence-corrected chi connectivity index (χ1v) is 32.6. The quantitative estimate of drug-likeness (QED) is 0.0212. The second-order valence-electron chi connectivity index (χ2n) is 21.4. The lowest BCUT2D eigenvalue weighted by Gasteiger charge is -2.30. The molecule has 0 aliphatic rings. The number of amides is 1. The van der Waals surface area contributed by atoms with Crippen molar-refractivity contribution in [3.05, 3.63) is 146 Å². The van der Waals surface area contributed by atoms with E-state index < -0.39 is 26.6 Å². The zero-order chi connectivity index (χ0) is 57.9. The molecule has 3 unspecified atom stereocenters. The Morgan fingerprint density at radius 2 is 0.810 bits per heavy atom. The van der Waals surface area contributed by atoms with Crippen molar-refractivity contribution in [1.82, 2.24) is 5.32 Å². The Hall–Kier alpha value is -4.11. The van der Waals surface area contributed by atoms with Crippen molar-refractivity contribution in [1.29, 1.82) is 0 Å². The minimum absolute atomic E-state index is 0.0452. The molecule has 0 heterocycles. The molecule has 0 aliphatic carbocycles. The van der Waals surface area contributed by atoms with Gasteiger partial charge in [-0.25, -0.2) is 0 Å². The minimum atomic E-state index is -4.73. The molecule has 0 saturated heterocycles. The summed E-state index contributed by atoms with van der Waals surface area (Å²) in [6, 6.07) is -0.937. The summed E-state index contributed by atoms with van der Waals surface area (Å²) in [5.74, 6) is -0.641. The smallest absolute Gasteiger partial charge is 0.306 e. The van der Waals surface area contributed by atoms with E-state index in [1.54, 1.807) is 6.08 Å². The normalized spacial score (nSPS) is 14.7. The van der Waals surface area contributed by atoms with E-state index in [1.165, 1.54) is 57.8 Å². The molecule has 0 aromatic heterocycles. The van der Waals surface area contributed by atoms with Gasteiger partial charge in [0, 0.05) is 12.8 Å². The zero-order valence-electron chi connectivity index (χ0n) is 51.0. The molecule has 0 bridgehead atoms. The fourth-order valence-electron chi connectivity index (χ4n) is 8.02. The highest BCUT2D eigenvalue weighted by atomic mass is 31.2. The van der Waals surface area contributed by atoms with E-state index in [9.17, 15) is 19.0 Å². The van der Waals surface area contributed by atoms with E-state index in [-0.39, 0.29) is 31.3 Å². The number of nitrogens with zero attached hydrogens (tertiary/aromatic N) is 1. The van der Waals surface area contributed by atoms with E-state index in [2.05, 4.69) is 160 Å². The second kappa shape index (κ2) is 57.1. The first-order valence-electron chi connectivity index (χ1n) is 31.1. The van der Waals surface area contributed by atoms with Crippen LogP contribution in [0.3, 0.4) is 0 Å². The van der Waals surface area contributed by atoms with E-state index in [0.29, 0.717) is 23.9 Å². The summed E-state index contributed by atoms with van der Waals surface area (Å²) in [6.45, 7) is 6.53. The number of esters is 1. The van der Waals surface area contributed by atoms with E-state index in [4.69, 9.17) is 13.8 Å². The fraction of sp³-hybridized carbons (Fsp3) is 0.623. The van der Waals surface area contributed by atoms with Gasteiger partial charge in [-0.05, 0) is 128 Å². The molecule has 0 aromatic rings. The number of phosphoric ester groups is 1. The van der Waals surface area contributed by atoms with Crippen LogP contribution in [0.15, 0.2) is 146 Å². The Labute approximate surface area is 485 Å². The van der Waals surface area contributed by atoms with Gasteiger partial charge in [-0.2, -0.15) is 0 Å². The van der Waals surface area contributed by atoms with Crippen molar-refractivity contribution < 1.29 is 37.3 Å². The summed E-state index contributed by atoms with van der Waals surface area (Å²) in [6.07, 6.45) is 82.5. The predicted octanol–water partition coefficient (Wildman–Crippen LogP) is 18.8. The van der Waals surface area contributed by atoms with Gasteiger partial charge in [-0.15, -0.1) is 0 Å². The van der Waals surface area contributed by atoms with Gasteiger partial charge >= 0.3 is 5.97 Å². The maximum Gasteiger partial charge on any atom is 0.306 e. The number of unbranched alkanes of at least 4 members (excludes halogenated alkanes) is 16. The number of allylic oxidation sites excluding steroid dienone is 23. The molecule has 0 aromatic carbocycles. The van der Waals surface area contributed by atoms with Crippen LogP contribution in [0.1, 0.15) is 226 Å². The van der Waals surface area contributed by atoms with E-state index in [0.717, 1.165) is 122 Å². The van der Waals surface area contributed by atoms with Gasteiger partial charge < -0.3 is 28.5 Å². The lowest BCUT2D eigenvalue weighted by atomic mass is 10.0. The number of nitrogens with one attached hydrogen (secondary N) is 1. The number of hydrogen-bond acceptors (Lipinski definition) is 7.